The Morgan fingerprint density at radius 3 is 2.33 bits per heavy atom. The van der Waals surface area contributed by atoms with Gasteiger partial charge in [-0.1, -0.05) is 30.3 Å². The van der Waals surface area contributed by atoms with Crippen LogP contribution in [-0.2, 0) is 6.42 Å². The summed E-state index contributed by atoms with van der Waals surface area (Å²) < 4.78 is 0. The molecule has 0 fully saturated rings. The van der Waals surface area contributed by atoms with Crippen molar-refractivity contribution >= 4 is 6.03 Å². The third kappa shape index (κ3) is 7.11. The zero-order chi connectivity index (χ0) is 15.8. The maximum atomic E-state index is 12.1. The summed E-state index contributed by atoms with van der Waals surface area (Å²) in [5, 5.41) is 12.4. The molecule has 5 heteroatoms. The Morgan fingerprint density at radius 2 is 1.81 bits per heavy atom. The molecule has 0 aliphatic carbocycles. The van der Waals surface area contributed by atoms with Crippen LogP contribution in [0.2, 0.25) is 0 Å². The fourth-order valence-electron chi connectivity index (χ4n) is 2.26. The van der Waals surface area contributed by atoms with E-state index >= 15 is 0 Å². The number of nitrogens with zero attached hydrogens (tertiary/aromatic N) is 2. The first-order valence-electron chi connectivity index (χ1n) is 7.27. The molecule has 2 atom stereocenters. The Kier molecular flexibility index (Phi) is 7.19. The number of aliphatic hydroxyl groups is 1. The van der Waals surface area contributed by atoms with E-state index in [-0.39, 0.29) is 12.1 Å². The average molecular weight is 293 g/mol. The quantitative estimate of drug-likeness (QED) is 0.794. The van der Waals surface area contributed by atoms with E-state index in [0.29, 0.717) is 6.54 Å². The highest BCUT2D eigenvalue weighted by Crippen LogP contribution is 2.05. The minimum absolute atomic E-state index is 0.0337. The van der Waals surface area contributed by atoms with Gasteiger partial charge < -0.3 is 20.2 Å². The molecule has 2 N–H and O–H groups in total. The lowest BCUT2D eigenvalue weighted by molar-refractivity contribution is 0.141. The van der Waals surface area contributed by atoms with Gasteiger partial charge in [0.2, 0.25) is 0 Å². The number of likely N-dealkylation sites (N-methyl/N-ethyl adjacent to an activating group) is 2. The van der Waals surface area contributed by atoms with E-state index in [4.69, 9.17) is 0 Å². The van der Waals surface area contributed by atoms with Crippen molar-refractivity contribution in [3.05, 3.63) is 35.9 Å². The van der Waals surface area contributed by atoms with Gasteiger partial charge in [-0.25, -0.2) is 4.79 Å². The fourth-order valence-corrected chi connectivity index (χ4v) is 2.26. The van der Waals surface area contributed by atoms with Gasteiger partial charge in [0.1, 0.15) is 0 Å². The summed E-state index contributed by atoms with van der Waals surface area (Å²) in [7, 11) is 5.67. The topological polar surface area (TPSA) is 55.8 Å². The van der Waals surface area contributed by atoms with Crippen LogP contribution in [0, 0.1) is 0 Å². The van der Waals surface area contributed by atoms with Crippen LogP contribution in [0.5, 0.6) is 0 Å². The van der Waals surface area contributed by atoms with Gasteiger partial charge in [-0.3, -0.25) is 0 Å². The predicted molar refractivity (Wildman–Crippen MR) is 85.3 cm³/mol. The molecule has 0 aliphatic heterocycles. The van der Waals surface area contributed by atoms with Crippen molar-refractivity contribution in [1.82, 2.24) is 15.1 Å². The first kappa shape index (κ1) is 17.5. The molecule has 0 heterocycles. The zero-order valence-corrected chi connectivity index (χ0v) is 13.4. The minimum atomic E-state index is -0.526. The lowest BCUT2D eigenvalue weighted by Gasteiger charge is -2.26. The molecule has 0 bridgehead atoms. The monoisotopic (exact) mass is 293 g/mol. The van der Waals surface area contributed by atoms with Crippen molar-refractivity contribution in [2.75, 3.05) is 34.2 Å². The van der Waals surface area contributed by atoms with Crippen molar-refractivity contribution < 1.29 is 9.90 Å². The molecule has 0 aliphatic rings. The second-order valence-electron chi connectivity index (χ2n) is 5.83. The van der Waals surface area contributed by atoms with E-state index in [2.05, 4.69) is 22.3 Å². The Labute approximate surface area is 127 Å². The van der Waals surface area contributed by atoms with Crippen LogP contribution in [0.25, 0.3) is 0 Å². The van der Waals surface area contributed by atoms with Gasteiger partial charge in [0.25, 0.3) is 0 Å². The maximum Gasteiger partial charge on any atom is 0.317 e. The number of carbonyl (C=O) groups excluding carboxylic acids is 1. The van der Waals surface area contributed by atoms with E-state index in [1.165, 1.54) is 10.5 Å². The largest absolute Gasteiger partial charge is 0.392 e. The lowest BCUT2D eigenvalue weighted by Crippen LogP contribution is -2.49. The van der Waals surface area contributed by atoms with Gasteiger partial charge in [-0.05, 0) is 33.0 Å². The molecular formula is C16H27N3O2. The van der Waals surface area contributed by atoms with E-state index in [1.807, 2.05) is 32.3 Å². The van der Waals surface area contributed by atoms with Gasteiger partial charge >= 0.3 is 6.03 Å². The van der Waals surface area contributed by atoms with Gasteiger partial charge in [-0.2, -0.15) is 0 Å². The van der Waals surface area contributed by atoms with Crippen LogP contribution in [0.4, 0.5) is 4.79 Å². The van der Waals surface area contributed by atoms with E-state index in [9.17, 15) is 9.90 Å². The summed E-state index contributed by atoms with van der Waals surface area (Å²) in [6.45, 7) is 2.76. The zero-order valence-electron chi connectivity index (χ0n) is 13.4. The summed E-state index contributed by atoms with van der Waals surface area (Å²) in [5.74, 6) is 0. The molecule has 0 spiro atoms. The van der Waals surface area contributed by atoms with Crippen LogP contribution < -0.4 is 5.32 Å². The SMILES string of the molecule is CC(O)CN(C)C(=O)NC(Cc1ccccc1)CN(C)C. The molecule has 5 nitrogen and oxygen atoms in total. The highest BCUT2D eigenvalue weighted by Gasteiger charge is 2.17. The molecule has 0 saturated carbocycles. The van der Waals surface area contributed by atoms with Crippen molar-refractivity contribution in [3.8, 4) is 0 Å². The van der Waals surface area contributed by atoms with E-state index < -0.39 is 6.10 Å². The van der Waals surface area contributed by atoms with Crippen LogP contribution in [0.1, 0.15) is 12.5 Å². The molecule has 21 heavy (non-hydrogen) atoms. The molecule has 1 rings (SSSR count). The third-order valence-corrected chi connectivity index (χ3v) is 3.12. The van der Waals surface area contributed by atoms with E-state index in [1.54, 1.807) is 14.0 Å². The molecule has 2 unspecified atom stereocenters. The highest BCUT2D eigenvalue weighted by molar-refractivity contribution is 5.74. The fraction of sp³-hybridized carbons (Fsp3) is 0.562. The van der Waals surface area contributed by atoms with Gasteiger partial charge in [0, 0.05) is 26.2 Å². The number of carbonyl (C=O) groups is 1. The number of hydrogen-bond acceptors (Lipinski definition) is 3. The summed E-state index contributed by atoms with van der Waals surface area (Å²) in [4.78, 5) is 15.7. The first-order valence-corrected chi connectivity index (χ1v) is 7.27. The van der Waals surface area contributed by atoms with E-state index in [0.717, 1.165) is 13.0 Å². The summed E-state index contributed by atoms with van der Waals surface area (Å²) >= 11 is 0. The number of benzene rings is 1. The molecule has 1 aromatic carbocycles. The van der Waals surface area contributed by atoms with Crippen LogP contribution in [-0.4, -0.2) is 67.3 Å². The second kappa shape index (κ2) is 8.64. The molecule has 0 saturated heterocycles. The highest BCUT2D eigenvalue weighted by atomic mass is 16.3. The van der Waals surface area contributed by atoms with Crippen LogP contribution >= 0.6 is 0 Å². The molecule has 2 amide bonds. The summed E-state index contributed by atoms with van der Waals surface area (Å²) in [6, 6.07) is 10.00. The first-order chi connectivity index (χ1) is 9.88. The maximum absolute atomic E-state index is 12.1. The van der Waals surface area contributed by atoms with Crippen LogP contribution in [0.3, 0.4) is 0 Å². The van der Waals surface area contributed by atoms with Gasteiger partial charge in [0.05, 0.1) is 6.10 Å². The third-order valence-electron chi connectivity index (χ3n) is 3.12. The summed E-state index contributed by atoms with van der Waals surface area (Å²) in [5.41, 5.74) is 1.20. The normalized spacial score (nSPS) is 13.8. The lowest BCUT2D eigenvalue weighted by atomic mass is 10.1. The minimum Gasteiger partial charge on any atom is -0.392 e. The number of aliphatic hydroxyl groups excluding tert-OH is 1. The number of urea groups is 1. The predicted octanol–water partition coefficient (Wildman–Crippen LogP) is 1.18. The van der Waals surface area contributed by atoms with Crippen molar-refractivity contribution in [3.63, 3.8) is 0 Å². The molecule has 0 radical (unpaired) electrons. The molecule has 0 aromatic heterocycles. The smallest absolute Gasteiger partial charge is 0.317 e. The Balaban J connectivity index is 2.63. The Bertz CT molecular complexity index is 421. The van der Waals surface area contributed by atoms with Gasteiger partial charge in [-0.15, -0.1) is 0 Å². The van der Waals surface area contributed by atoms with Crippen LogP contribution in [0.15, 0.2) is 30.3 Å². The summed E-state index contributed by atoms with van der Waals surface area (Å²) in [6.07, 6.45) is 0.259. The van der Waals surface area contributed by atoms with Crippen molar-refractivity contribution in [1.29, 1.82) is 0 Å². The Hall–Kier alpha value is -1.59. The average Bonchev–Trinajstić information content (AvgIpc) is 2.38. The van der Waals surface area contributed by atoms with Gasteiger partial charge in [0.15, 0.2) is 0 Å². The number of hydrogen-bond donors (Lipinski definition) is 2. The molecular weight excluding hydrogens is 266 g/mol. The van der Waals surface area contributed by atoms with Crippen molar-refractivity contribution in [2.24, 2.45) is 0 Å². The van der Waals surface area contributed by atoms with Crippen molar-refractivity contribution in [2.45, 2.75) is 25.5 Å². The standard InChI is InChI=1S/C16H27N3O2/c1-13(20)11-19(4)16(21)17-15(12-18(2)3)10-14-8-6-5-7-9-14/h5-9,13,15,20H,10-12H2,1-4H3,(H,17,21). The molecule has 1 aromatic rings. The number of nitrogens with one attached hydrogen (secondary N) is 1. The second-order valence-corrected chi connectivity index (χ2v) is 5.83. The number of amides is 2. The number of rotatable bonds is 7. The Morgan fingerprint density at radius 1 is 1.19 bits per heavy atom. The molecule has 118 valence electrons.